The highest BCUT2D eigenvalue weighted by molar-refractivity contribution is 9.10. The van der Waals surface area contributed by atoms with Gasteiger partial charge in [0.1, 0.15) is 4.90 Å². The zero-order chi connectivity index (χ0) is 16.4. The van der Waals surface area contributed by atoms with Gasteiger partial charge >= 0.3 is 0 Å². The standard InChI is InChI=1S/C11H13BrF2N2O4S/c1-16(5-9(13)14)11(17)6-3-7(12)10(20-2)8(4-6)21(15,18)19/h3-4,9H,5H2,1-2H3,(H2,15,18,19). The summed E-state index contributed by atoms with van der Waals surface area (Å²) >= 11 is 3.06. The fourth-order valence-electron chi connectivity index (χ4n) is 1.61. The Balaban J connectivity index is 3.34. The summed E-state index contributed by atoms with van der Waals surface area (Å²) in [6.45, 7) is -0.771. The number of nitrogens with two attached hydrogens (primary N) is 1. The van der Waals surface area contributed by atoms with Gasteiger partial charge in [-0.2, -0.15) is 0 Å². The molecule has 10 heteroatoms. The number of hydrogen-bond donors (Lipinski definition) is 1. The molecule has 1 amide bonds. The second-order valence-electron chi connectivity index (χ2n) is 4.11. The normalized spacial score (nSPS) is 11.6. The monoisotopic (exact) mass is 386 g/mol. The third-order valence-electron chi connectivity index (χ3n) is 2.53. The molecule has 0 unspecified atom stereocenters. The van der Waals surface area contributed by atoms with Crippen molar-refractivity contribution in [1.82, 2.24) is 4.90 Å². The summed E-state index contributed by atoms with van der Waals surface area (Å²) in [5.74, 6) is -0.825. The van der Waals surface area contributed by atoms with Gasteiger partial charge in [0.25, 0.3) is 12.3 Å². The van der Waals surface area contributed by atoms with E-state index in [9.17, 15) is 22.0 Å². The van der Waals surface area contributed by atoms with Crippen LogP contribution >= 0.6 is 15.9 Å². The summed E-state index contributed by atoms with van der Waals surface area (Å²) in [7, 11) is -1.73. The molecule has 0 atom stereocenters. The Hall–Kier alpha value is -1.26. The van der Waals surface area contributed by atoms with Crippen molar-refractivity contribution in [3.8, 4) is 5.75 Å². The van der Waals surface area contributed by atoms with E-state index in [2.05, 4.69) is 15.9 Å². The number of sulfonamides is 1. The number of benzene rings is 1. The Morgan fingerprint density at radius 2 is 2.05 bits per heavy atom. The number of amides is 1. The molecule has 0 aromatic heterocycles. The van der Waals surface area contributed by atoms with E-state index in [1.165, 1.54) is 20.2 Å². The molecule has 0 saturated carbocycles. The average molecular weight is 387 g/mol. The van der Waals surface area contributed by atoms with Crippen molar-refractivity contribution in [1.29, 1.82) is 0 Å². The Labute approximate surface area is 129 Å². The lowest BCUT2D eigenvalue weighted by atomic mass is 10.2. The van der Waals surface area contributed by atoms with Gasteiger partial charge in [-0.1, -0.05) is 0 Å². The van der Waals surface area contributed by atoms with Gasteiger partial charge in [-0.25, -0.2) is 22.3 Å². The van der Waals surface area contributed by atoms with E-state index < -0.39 is 33.8 Å². The molecular weight excluding hydrogens is 374 g/mol. The number of carbonyl (C=O) groups excluding carboxylic acids is 1. The molecule has 21 heavy (non-hydrogen) atoms. The van der Waals surface area contributed by atoms with E-state index in [1.54, 1.807) is 0 Å². The highest BCUT2D eigenvalue weighted by Crippen LogP contribution is 2.33. The lowest BCUT2D eigenvalue weighted by Crippen LogP contribution is -2.31. The molecule has 0 aliphatic heterocycles. The first kappa shape index (κ1) is 17.8. The van der Waals surface area contributed by atoms with Crippen LogP contribution in [-0.2, 0) is 10.0 Å². The summed E-state index contributed by atoms with van der Waals surface area (Å²) in [6, 6.07) is 2.26. The van der Waals surface area contributed by atoms with Gasteiger partial charge < -0.3 is 9.64 Å². The van der Waals surface area contributed by atoms with Gasteiger partial charge in [0, 0.05) is 12.6 Å². The SMILES string of the molecule is COc1c(Br)cc(C(=O)N(C)CC(F)F)cc1S(N)(=O)=O. The number of nitrogens with zero attached hydrogens (tertiary/aromatic N) is 1. The van der Waals surface area contributed by atoms with Crippen LogP contribution < -0.4 is 9.88 Å². The van der Waals surface area contributed by atoms with Crippen LogP contribution in [0.5, 0.6) is 5.75 Å². The van der Waals surface area contributed by atoms with Crippen LogP contribution in [0.15, 0.2) is 21.5 Å². The number of methoxy groups -OCH3 is 1. The Morgan fingerprint density at radius 3 is 2.48 bits per heavy atom. The van der Waals surface area contributed by atoms with E-state index in [0.717, 1.165) is 11.0 Å². The van der Waals surface area contributed by atoms with Crippen LogP contribution in [0.2, 0.25) is 0 Å². The summed E-state index contributed by atoms with van der Waals surface area (Å²) in [5, 5.41) is 5.05. The molecule has 2 N–H and O–H groups in total. The van der Waals surface area contributed by atoms with Crippen LogP contribution in [0.1, 0.15) is 10.4 Å². The molecule has 6 nitrogen and oxygen atoms in total. The molecular formula is C11H13BrF2N2O4S. The molecule has 0 spiro atoms. The van der Waals surface area contributed by atoms with Gasteiger partial charge in [0.15, 0.2) is 5.75 Å². The molecule has 0 heterocycles. The zero-order valence-corrected chi connectivity index (χ0v) is 13.5. The van der Waals surface area contributed by atoms with E-state index >= 15 is 0 Å². The number of hydrogen-bond acceptors (Lipinski definition) is 4. The quantitative estimate of drug-likeness (QED) is 0.828. The fraction of sp³-hybridized carbons (Fsp3) is 0.364. The van der Waals surface area contributed by atoms with Gasteiger partial charge in [-0.3, -0.25) is 4.79 Å². The summed E-state index contributed by atoms with van der Waals surface area (Å²) in [5.41, 5.74) is -0.102. The van der Waals surface area contributed by atoms with E-state index in [4.69, 9.17) is 9.88 Å². The van der Waals surface area contributed by atoms with Crippen molar-refractivity contribution in [3.63, 3.8) is 0 Å². The fourth-order valence-corrected chi connectivity index (χ4v) is 3.11. The van der Waals surface area contributed by atoms with Crippen molar-refractivity contribution < 1.29 is 26.7 Å². The summed E-state index contributed by atoms with van der Waals surface area (Å²) in [4.78, 5) is 12.4. The first-order chi connectivity index (χ1) is 9.57. The largest absolute Gasteiger partial charge is 0.494 e. The third-order valence-corrected chi connectivity index (χ3v) is 4.03. The van der Waals surface area contributed by atoms with Crippen LogP contribution in [0, 0.1) is 0 Å². The topological polar surface area (TPSA) is 89.7 Å². The van der Waals surface area contributed by atoms with Crippen molar-refractivity contribution in [2.45, 2.75) is 11.3 Å². The lowest BCUT2D eigenvalue weighted by Gasteiger charge is -2.18. The van der Waals surface area contributed by atoms with Gasteiger partial charge in [-0.05, 0) is 28.1 Å². The van der Waals surface area contributed by atoms with E-state index in [1.807, 2.05) is 0 Å². The average Bonchev–Trinajstić information content (AvgIpc) is 2.34. The number of rotatable bonds is 5. The maximum absolute atomic E-state index is 12.3. The molecule has 0 bridgehead atoms. The molecule has 0 saturated heterocycles. The molecule has 118 valence electrons. The first-order valence-corrected chi connectivity index (χ1v) is 7.85. The molecule has 0 radical (unpaired) electrons. The first-order valence-electron chi connectivity index (χ1n) is 5.52. The maximum Gasteiger partial charge on any atom is 0.255 e. The molecule has 1 aromatic carbocycles. The van der Waals surface area contributed by atoms with E-state index in [-0.39, 0.29) is 15.8 Å². The van der Waals surface area contributed by atoms with Crippen molar-refractivity contribution in [2.24, 2.45) is 5.14 Å². The molecule has 0 aliphatic carbocycles. The summed E-state index contributed by atoms with van der Waals surface area (Å²) in [6.07, 6.45) is -2.70. The van der Waals surface area contributed by atoms with Crippen molar-refractivity contribution >= 4 is 31.9 Å². The molecule has 0 aliphatic rings. The molecule has 1 rings (SSSR count). The Bertz CT molecular complexity index is 652. The predicted molar refractivity (Wildman–Crippen MR) is 75.0 cm³/mol. The molecule has 1 aromatic rings. The number of alkyl halides is 2. The van der Waals surface area contributed by atoms with Gasteiger partial charge in [0.05, 0.1) is 18.1 Å². The second-order valence-corrected chi connectivity index (χ2v) is 6.50. The van der Waals surface area contributed by atoms with Gasteiger partial charge in [-0.15, -0.1) is 0 Å². The van der Waals surface area contributed by atoms with Crippen LogP contribution in [-0.4, -0.2) is 46.4 Å². The predicted octanol–water partition coefficient (Wildman–Crippen LogP) is 1.44. The molecule has 0 fully saturated rings. The maximum atomic E-state index is 12.3. The minimum Gasteiger partial charge on any atom is -0.494 e. The van der Waals surface area contributed by atoms with Gasteiger partial charge in [0.2, 0.25) is 10.0 Å². The van der Waals surface area contributed by atoms with E-state index in [0.29, 0.717) is 0 Å². The van der Waals surface area contributed by atoms with Crippen LogP contribution in [0.4, 0.5) is 8.78 Å². The minimum atomic E-state index is -4.15. The highest BCUT2D eigenvalue weighted by atomic mass is 79.9. The number of ether oxygens (including phenoxy) is 1. The van der Waals surface area contributed by atoms with Crippen molar-refractivity contribution in [3.05, 3.63) is 22.2 Å². The third kappa shape index (κ3) is 4.35. The van der Waals surface area contributed by atoms with Crippen LogP contribution in [0.25, 0.3) is 0 Å². The number of primary sulfonamides is 1. The second kappa shape index (κ2) is 6.67. The van der Waals surface area contributed by atoms with Crippen LogP contribution in [0.3, 0.4) is 0 Å². The Kier molecular flexibility index (Phi) is 5.65. The number of halogens is 3. The number of carbonyl (C=O) groups is 1. The minimum absolute atomic E-state index is 0.0643. The Morgan fingerprint density at radius 1 is 1.48 bits per heavy atom. The summed E-state index contributed by atoms with van der Waals surface area (Å²) < 4.78 is 52.7. The lowest BCUT2D eigenvalue weighted by molar-refractivity contribution is 0.0620. The zero-order valence-electron chi connectivity index (χ0n) is 11.1. The highest BCUT2D eigenvalue weighted by Gasteiger charge is 2.23. The smallest absolute Gasteiger partial charge is 0.255 e. The van der Waals surface area contributed by atoms with Crippen molar-refractivity contribution in [2.75, 3.05) is 20.7 Å².